The Morgan fingerprint density at radius 3 is 2.83 bits per heavy atom. The summed E-state index contributed by atoms with van der Waals surface area (Å²) in [6, 6.07) is -0.250. The average Bonchev–Trinajstić information content (AvgIpc) is 2.30. The highest BCUT2D eigenvalue weighted by molar-refractivity contribution is 5.76. The molecule has 0 amide bonds. The van der Waals surface area contributed by atoms with E-state index in [-0.39, 0.29) is 18.1 Å². The number of carbonyl (C=O) groups is 1. The lowest BCUT2D eigenvalue weighted by Crippen LogP contribution is -2.34. The zero-order chi connectivity index (χ0) is 9.14. The van der Waals surface area contributed by atoms with E-state index in [9.17, 15) is 9.90 Å². The lowest BCUT2D eigenvalue weighted by molar-refractivity contribution is -0.148. The largest absolute Gasteiger partial charge is 0.465 e. The van der Waals surface area contributed by atoms with Crippen molar-refractivity contribution >= 4 is 5.97 Å². The first-order valence-electron chi connectivity index (χ1n) is 4.20. The molecule has 1 saturated heterocycles. The summed E-state index contributed by atoms with van der Waals surface area (Å²) >= 11 is 0. The predicted octanol–water partition coefficient (Wildman–Crippen LogP) is -0.386. The summed E-state index contributed by atoms with van der Waals surface area (Å²) < 4.78 is 4.85. The van der Waals surface area contributed by atoms with Gasteiger partial charge in [-0.2, -0.15) is 0 Å². The fourth-order valence-corrected chi connectivity index (χ4v) is 1.49. The van der Waals surface area contributed by atoms with Crippen LogP contribution in [-0.4, -0.2) is 48.3 Å². The van der Waals surface area contributed by atoms with Gasteiger partial charge < -0.3 is 9.84 Å². The van der Waals surface area contributed by atoms with E-state index in [1.54, 1.807) is 6.92 Å². The summed E-state index contributed by atoms with van der Waals surface area (Å²) in [5.74, 6) is -0.225. The first-order chi connectivity index (χ1) is 5.65. The van der Waals surface area contributed by atoms with Gasteiger partial charge in [-0.1, -0.05) is 0 Å². The maximum absolute atomic E-state index is 11.2. The van der Waals surface area contributed by atoms with E-state index in [1.165, 1.54) is 0 Å². The number of likely N-dealkylation sites (tertiary alicyclic amines) is 1. The van der Waals surface area contributed by atoms with Crippen molar-refractivity contribution in [3.63, 3.8) is 0 Å². The molecule has 12 heavy (non-hydrogen) atoms. The number of aliphatic hydroxyl groups is 1. The Labute approximate surface area is 72.1 Å². The number of hydrogen-bond donors (Lipinski definition) is 1. The van der Waals surface area contributed by atoms with Crippen molar-refractivity contribution in [2.75, 3.05) is 20.2 Å². The molecule has 2 atom stereocenters. The smallest absolute Gasteiger partial charge is 0.323 e. The molecule has 1 fully saturated rings. The monoisotopic (exact) mass is 173 g/mol. The third-order valence-electron chi connectivity index (χ3n) is 2.08. The zero-order valence-corrected chi connectivity index (χ0v) is 7.49. The van der Waals surface area contributed by atoms with Gasteiger partial charge in [0.25, 0.3) is 0 Å². The quantitative estimate of drug-likeness (QED) is 0.578. The van der Waals surface area contributed by atoms with E-state index >= 15 is 0 Å². The molecule has 0 aromatic carbocycles. The average molecular weight is 173 g/mol. The second-order valence-electron chi connectivity index (χ2n) is 3.10. The molecule has 0 saturated carbocycles. The summed E-state index contributed by atoms with van der Waals surface area (Å²) in [4.78, 5) is 13.0. The highest BCUT2D eigenvalue weighted by Crippen LogP contribution is 2.16. The van der Waals surface area contributed by atoms with Gasteiger partial charge in [0.1, 0.15) is 6.04 Å². The molecule has 0 aromatic heterocycles. The van der Waals surface area contributed by atoms with Gasteiger partial charge in [-0.05, 0) is 14.0 Å². The number of rotatable bonds is 2. The van der Waals surface area contributed by atoms with Crippen LogP contribution >= 0.6 is 0 Å². The minimum Gasteiger partial charge on any atom is -0.465 e. The van der Waals surface area contributed by atoms with Crippen LogP contribution in [0.25, 0.3) is 0 Å². The Morgan fingerprint density at radius 2 is 2.42 bits per heavy atom. The first kappa shape index (κ1) is 9.48. The van der Waals surface area contributed by atoms with E-state index in [0.717, 1.165) is 0 Å². The minimum atomic E-state index is -0.385. The van der Waals surface area contributed by atoms with Gasteiger partial charge >= 0.3 is 5.97 Å². The molecule has 1 rings (SSSR count). The van der Waals surface area contributed by atoms with E-state index in [4.69, 9.17) is 4.74 Å². The van der Waals surface area contributed by atoms with Crippen LogP contribution in [0.15, 0.2) is 0 Å². The van der Waals surface area contributed by atoms with Gasteiger partial charge in [0.2, 0.25) is 0 Å². The summed E-state index contributed by atoms with van der Waals surface area (Å²) in [6.07, 6.45) is 0.111. The van der Waals surface area contributed by atoms with E-state index in [0.29, 0.717) is 19.6 Å². The summed E-state index contributed by atoms with van der Waals surface area (Å²) in [6.45, 7) is 2.74. The Balaban J connectivity index is 2.46. The number of β-amino-alcohol motifs (C(OH)–C–C–N with tert-alkyl or cyclic N) is 1. The zero-order valence-electron chi connectivity index (χ0n) is 7.49. The number of hydrogen-bond acceptors (Lipinski definition) is 4. The van der Waals surface area contributed by atoms with Gasteiger partial charge in [0.15, 0.2) is 0 Å². The number of carbonyl (C=O) groups excluding carboxylic acids is 1. The third kappa shape index (κ3) is 1.95. The van der Waals surface area contributed by atoms with Gasteiger partial charge in [0, 0.05) is 13.0 Å². The standard InChI is InChI=1S/C8H15NO3/c1-3-12-8(11)7-4-6(10)5-9(7)2/h6-7,10H,3-5H2,1-2H3. The minimum absolute atomic E-state index is 0.225. The van der Waals surface area contributed by atoms with Crippen molar-refractivity contribution in [3.8, 4) is 0 Å². The van der Waals surface area contributed by atoms with Crippen molar-refractivity contribution in [1.82, 2.24) is 4.90 Å². The molecule has 0 spiro atoms. The lowest BCUT2D eigenvalue weighted by atomic mass is 10.2. The van der Waals surface area contributed by atoms with Crippen molar-refractivity contribution < 1.29 is 14.6 Å². The van der Waals surface area contributed by atoms with Crippen LogP contribution in [0.4, 0.5) is 0 Å². The third-order valence-corrected chi connectivity index (χ3v) is 2.08. The Morgan fingerprint density at radius 1 is 1.75 bits per heavy atom. The van der Waals surface area contributed by atoms with Crippen LogP contribution < -0.4 is 0 Å². The molecule has 0 aliphatic carbocycles. The van der Waals surface area contributed by atoms with Crippen LogP contribution in [0, 0.1) is 0 Å². The van der Waals surface area contributed by atoms with Crippen molar-refractivity contribution in [3.05, 3.63) is 0 Å². The molecular weight excluding hydrogens is 158 g/mol. The summed E-state index contributed by atoms with van der Waals surface area (Å²) in [5, 5.41) is 9.24. The molecular formula is C8H15NO3. The Hall–Kier alpha value is -0.610. The molecule has 0 radical (unpaired) electrons. The normalized spacial score (nSPS) is 30.6. The molecule has 1 aliphatic heterocycles. The van der Waals surface area contributed by atoms with Crippen LogP contribution in [0.5, 0.6) is 0 Å². The predicted molar refractivity (Wildman–Crippen MR) is 43.7 cm³/mol. The molecule has 4 heteroatoms. The second kappa shape index (κ2) is 3.87. The van der Waals surface area contributed by atoms with Crippen molar-refractivity contribution in [1.29, 1.82) is 0 Å². The fourth-order valence-electron chi connectivity index (χ4n) is 1.49. The number of nitrogens with zero attached hydrogens (tertiary/aromatic N) is 1. The van der Waals surface area contributed by atoms with E-state index < -0.39 is 0 Å². The van der Waals surface area contributed by atoms with Crippen molar-refractivity contribution in [2.24, 2.45) is 0 Å². The summed E-state index contributed by atoms with van der Waals surface area (Å²) in [7, 11) is 1.82. The molecule has 1 heterocycles. The lowest BCUT2D eigenvalue weighted by Gasteiger charge is -2.16. The van der Waals surface area contributed by atoms with Crippen LogP contribution in [0.2, 0.25) is 0 Å². The van der Waals surface area contributed by atoms with Crippen molar-refractivity contribution in [2.45, 2.75) is 25.5 Å². The molecule has 0 aromatic rings. The van der Waals surface area contributed by atoms with Crippen LogP contribution in [0.3, 0.4) is 0 Å². The van der Waals surface area contributed by atoms with E-state index in [1.807, 2.05) is 11.9 Å². The topological polar surface area (TPSA) is 49.8 Å². The fraction of sp³-hybridized carbons (Fsp3) is 0.875. The number of esters is 1. The van der Waals surface area contributed by atoms with Crippen LogP contribution in [-0.2, 0) is 9.53 Å². The van der Waals surface area contributed by atoms with E-state index in [2.05, 4.69) is 0 Å². The molecule has 70 valence electrons. The van der Waals surface area contributed by atoms with Gasteiger partial charge in [-0.25, -0.2) is 0 Å². The molecule has 2 unspecified atom stereocenters. The maximum Gasteiger partial charge on any atom is 0.323 e. The summed E-state index contributed by atoms with van der Waals surface area (Å²) in [5.41, 5.74) is 0. The number of ether oxygens (including phenoxy) is 1. The first-order valence-corrected chi connectivity index (χ1v) is 4.20. The number of aliphatic hydroxyl groups excluding tert-OH is 1. The van der Waals surface area contributed by atoms with Gasteiger partial charge in [-0.3, -0.25) is 9.69 Å². The molecule has 4 nitrogen and oxygen atoms in total. The van der Waals surface area contributed by atoms with Gasteiger partial charge in [-0.15, -0.1) is 0 Å². The number of likely N-dealkylation sites (N-methyl/N-ethyl adjacent to an activating group) is 1. The SMILES string of the molecule is CCOC(=O)C1CC(O)CN1C. The highest BCUT2D eigenvalue weighted by atomic mass is 16.5. The second-order valence-corrected chi connectivity index (χ2v) is 3.10. The molecule has 0 bridgehead atoms. The molecule has 1 aliphatic rings. The highest BCUT2D eigenvalue weighted by Gasteiger charge is 2.34. The van der Waals surface area contributed by atoms with Gasteiger partial charge in [0.05, 0.1) is 12.7 Å². The molecule has 1 N–H and O–H groups in total. The van der Waals surface area contributed by atoms with Crippen LogP contribution in [0.1, 0.15) is 13.3 Å². The Kier molecular flexibility index (Phi) is 3.05. The maximum atomic E-state index is 11.2. The Bertz CT molecular complexity index is 172.